The van der Waals surface area contributed by atoms with Gasteiger partial charge in [0.05, 0.1) is 6.61 Å². The van der Waals surface area contributed by atoms with Gasteiger partial charge in [0.1, 0.15) is 6.10 Å². The summed E-state index contributed by atoms with van der Waals surface area (Å²) in [4.78, 5) is 12.1. The maximum Gasteiger partial charge on any atom is 0.306 e. The molecule has 185 valence electrons. The third-order valence-corrected chi connectivity index (χ3v) is 6.05. The molecule has 0 amide bonds. The first-order chi connectivity index (χ1) is 15.2. The Labute approximate surface area is 193 Å². The largest absolute Gasteiger partial charge is 0.452 e. The monoisotopic (exact) mass is 441 g/mol. The number of carbonyl (C=O) groups excluding carboxylic acids is 1. The van der Waals surface area contributed by atoms with Crippen molar-refractivity contribution >= 4 is 5.97 Å². The van der Waals surface area contributed by atoms with Crippen LogP contribution in [-0.4, -0.2) is 28.9 Å². The van der Waals surface area contributed by atoms with Gasteiger partial charge in [-0.05, 0) is 19.3 Å². The van der Waals surface area contributed by atoms with Gasteiger partial charge in [0.2, 0.25) is 0 Å². The maximum absolute atomic E-state index is 12.1. The molecule has 0 fully saturated rings. The molecule has 0 rings (SSSR count). The van der Waals surface area contributed by atoms with Gasteiger partial charge in [-0.2, -0.15) is 0 Å². The minimum Gasteiger partial charge on any atom is -0.452 e. The van der Waals surface area contributed by atoms with Crippen LogP contribution in [0.5, 0.6) is 0 Å². The van der Waals surface area contributed by atoms with E-state index in [9.17, 15) is 15.0 Å². The SMILES string of the molecule is CCCCCCCCCCCC[C](OC(=O)CCCCCCCCCCC)C(O)CO. The van der Waals surface area contributed by atoms with Crippen molar-refractivity contribution in [1.29, 1.82) is 0 Å². The van der Waals surface area contributed by atoms with Crippen LogP contribution < -0.4 is 0 Å². The van der Waals surface area contributed by atoms with Crippen LogP contribution in [0.1, 0.15) is 149 Å². The summed E-state index contributed by atoms with van der Waals surface area (Å²) in [6.45, 7) is 4.09. The summed E-state index contributed by atoms with van der Waals surface area (Å²) < 4.78 is 5.43. The predicted octanol–water partition coefficient (Wildman–Crippen LogP) is 7.65. The van der Waals surface area contributed by atoms with E-state index >= 15 is 0 Å². The van der Waals surface area contributed by atoms with Crippen molar-refractivity contribution in [3.63, 3.8) is 0 Å². The second kappa shape index (κ2) is 24.0. The second-order valence-corrected chi connectivity index (χ2v) is 9.15. The Balaban J connectivity index is 3.76. The minimum atomic E-state index is -1.05. The van der Waals surface area contributed by atoms with Gasteiger partial charge in [-0.1, -0.05) is 123 Å². The van der Waals surface area contributed by atoms with Gasteiger partial charge >= 0.3 is 5.97 Å². The van der Waals surface area contributed by atoms with Crippen molar-refractivity contribution in [3.8, 4) is 0 Å². The van der Waals surface area contributed by atoms with Crippen molar-refractivity contribution in [2.45, 2.75) is 155 Å². The van der Waals surface area contributed by atoms with Crippen LogP contribution in [0.3, 0.4) is 0 Å². The standard InChI is InChI=1S/C27H53O4/c1-3-5-7-9-11-13-15-16-18-20-22-26(25(29)24-28)31-27(30)23-21-19-17-14-12-10-8-6-4-2/h25,28-29H,3-24H2,1-2H3. The molecule has 0 aliphatic heterocycles. The van der Waals surface area contributed by atoms with Gasteiger partial charge in [-0.3, -0.25) is 4.79 Å². The lowest BCUT2D eigenvalue weighted by molar-refractivity contribution is -0.146. The summed E-state index contributed by atoms with van der Waals surface area (Å²) in [7, 11) is 0. The van der Waals surface area contributed by atoms with Crippen LogP contribution in [0.15, 0.2) is 0 Å². The molecule has 0 aliphatic carbocycles. The zero-order valence-corrected chi connectivity index (χ0v) is 20.8. The van der Waals surface area contributed by atoms with E-state index in [1.807, 2.05) is 0 Å². The maximum atomic E-state index is 12.1. The fourth-order valence-electron chi connectivity index (χ4n) is 3.95. The van der Waals surface area contributed by atoms with Gasteiger partial charge in [0.15, 0.2) is 6.10 Å². The van der Waals surface area contributed by atoms with Crippen LogP contribution in [-0.2, 0) is 9.53 Å². The smallest absolute Gasteiger partial charge is 0.306 e. The molecule has 0 aliphatic rings. The lowest BCUT2D eigenvalue weighted by atomic mass is 10.0. The molecule has 2 N–H and O–H groups in total. The number of unbranched alkanes of at least 4 members (excludes halogenated alkanes) is 17. The van der Waals surface area contributed by atoms with Crippen LogP contribution in [0.25, 0.3) is 0 Å². The van der Waals surface area contributed by atoms with Gasteiger partial charge in [0, 0.05) is 6.42 Å². The molecular weight excluding hydrogens is 388 g/mol. The molecule has 0 aromatic rings. The molecule has 1 radical (unpaired) electrons. The van der Waals surface area contributed by atoms with E-state index in [1.165, 1.54) is 96.3 Å². The highest BCUT2D eigenvalue weighted by Gasteiger charge is 2.24. The van der Waals surface area contributed by atoms with Crippen LogP contribution >= 0.6 is 0 Å². The topological polar surface area (TPSA) is 66.8 Å². The van der Waals surface area contributed by atoms with E-state index in [4.69, 9.17) is 4.74 Å². The first-order valence-corrected chi connectivity index (χ1v) is 13.5. The third kappa shape index (κ3) is 21.0. The highest BCUT2D eigenvalue weighted by molar-refractivity contribution is 5.70. The highest BCUT2D eigenvalue weighted by atomic mass is 16.6. The lowest BCUT2D eigenvalue weighted by Gasteiger charge is -2.20. The van der Waals surface area contributed by atoms with E-state index in [1.54, 1.807) is 0 Å². The number of aliphatic hydroxyl groups is 2. The second-order valence-electron chi connectivity index (χ2n) is 9.15. The van der Waals surface area contributed by atoms with E-state index in [0.717, 1.165) is 25.7 Å². The summed E-state index contributed by atoms with van der Waals surface area (Å²) in [6.07, 6.45) is 23.5. The van der Waals surface area contributed by atoms with Gasteiger partial charge in [-0.25, -0.2) is 0 Å². The molecular formula is C27H53O4. The molecule has 1 unspecified atom stereocenters. The van der Waals surface area contributed by atoms with Crippen molar-refractivity contribution in [3.05, 3.63) is 6.10 Å². The Morgan fingerprint density at radius 3 is 1.35 bits per heavy atom. The summed E-state index contributed by atoms with van der Waals surface area (Å²) in [5.74, 6) is -0.266. The molecule has 4 heteroatoms. The number of aliphatic hydroxyl groups excluding tert-OH is 2. The molecule has 0 spiro atoms. The quantitative estimate of drug-likeness (QED) is 0.119. The fourth-order valence-corrected chi connectivity index (χ4v) is 3.95. The molecule has 0 saturated carbocycles. The Morgan fingerprint density at radius 1 is 0.613 bits per heavy atom. The predicted molar refractivity (Wildman–Crippen MR) is 131 cm³/mol. The normalized spacial score (nSPS) is 12.4. The molecule has 4 nitrogen and oxygen atoms in total. The number of hydrogen-bond acceptors (Lipinski definition) is 4. The number of carbonyl (C=O) groups is 1. The molecule has 0 saturated heterocycles. The molecule has 31 heavy (non-hydrogen) atoms. The average molecular weight is 442 g/mol. The molecule has 0 aromatic heterocycles. The first-order valence-electron chi connectivity index (χ1n) is 13.5. The van der Waals surface area contributed by atoms with Crippen molar-refractivity contribution in [2.75, 3.05) is 6.61 Å². The number of ether oxygens (including phenoxy) is 1. The van der Waals surface area contributed by atoms with Gasteiger partial charge in [-0.15, -0.1) is 0 Å². The lowest BCUT2D eigenvalue weighted by Crippen LogP contribution is -2.27. The Kier molecular flexibility index (Phi) is 23.6. The first kappa shape index (κ1) is 30.4. The summed E-state index contributed by atoms with van der Waals surface area (Å²) in [5.41, 5.74) is 0. The van der Waals surface area contributed by atoms with Crippen molar-refractivity contribution < 1.29 is 19.7 Å². The van der Waals surface area contributed by atoms with Crippen LogP contribution in [0.2, 0.25) is 0 Å². The van der Waals surface area contributed by atoms with Crippen molar-refractivity contribution in [2.24, 2.45) is 0 Å². The highest BCUT2D eigenvalue weighted by Crippen LogP contribution is 2.21. The summed E-state index contributed by atoms with van der Waals surface area (Å²) in [5, 5.41) is 19.2. The number of hydrogen-bond donors (Lipinski definition) is 2. The fraction of sp³-hybridized carbons (Fsp3) is 0.926. The number of rotatable bonds is 24. The zero-order chi connectivity index (χ0) is 23.0. The Hall–Kier alpha value is -0.610. The molecule has 1 atom stereocenters. The van der Waals surface area contributed by atoms with E-state index < -0.39 is 12.7 Å². The van der Waals surface area contributed by atoms with E-state index in [-0.39, 0.29) is 5.97 Å². The van der Waals surface area contributed by atoms with E-state index in [2.05, 4.69) is 13.8 Å². The zero-order valence-electron chi connectivity index (χ0n) is 20.8. The number of esters is 1. The summed E-state index contributed by atoms with van der Waals surface area (Å²) in [6, 6.07) is 0. The molecule has 0 aromatic carbocycles. The van der Waals surface area contributed by atoms with Crippen LogP contribution in [0.4, 0.5) is 0 Å². The van der Waals surface area contributed by atoms with Gasteiger partial charge < -0.3 is 14.9 Å². The van der Waals surface area contributed by atoms with Crippen molar-refractivity contribution in [1.82, 2.24) is 0 Å². The summed E-state index contributed by atoms with van der Waals surface area (Å²) >= 11 is 0. The minimum absolute atomic E-state index is 0.266. The third-order valence-electron chi connectivity index (χ3n) is 6.05. The van der Waals surface area contributed by atoms with Gasteiger partial charge in [0.25, 0.3) is 0 Å². The van der Waals surface area contributed by atoms with Crippen LogP contribution in [0, 0.1) is 6.10 Å². The average Bonchev–Trinajstić information content (AvgIpc) is 2.77. The Bertz CT molecular complexity index is 372. The van der Waals surface area contributed by atoms with E-state index in [0.29, 0.717) is 18.9 Å². The molecule has 0 heterocycles. The Morgan fingerprint density at radius 2 is 0.968 bits per heavy atom. The molecule has 0 bridgehead atoms.